The molecule has 0 aromatic heterocycles. The Kier molecular flexibility index (Phi) is 5.09. The van der Waals surface area contributed by atoms with Crippen LogP contribution in [0.1, 0.15) is 21.5 Å². The molecule has 6 heteroatoms. The summed E-state index contributed by atoms with van der Waals surface area (Å²) in [6.07, 6.45) is 0.497. The summed E-state index contributed by atoms with van der Waals surface area (Å²) in [4.78, 5) is 44.0. The molecule has 0 bridgehead atoms. The average Bonchev–Trinajstić information content (AvgIpc) is 2.75. The number of piperazine rings is 2. The molecule has 2 aliphatic heterocycles. The van der Waals surface area contributed by atoms with E-state index >= 15 is 0 Å². The number of carbonyl (C=O) groups is 3. The molecule has 3 amide bonds. The van der Waals surface area contributed by atoms with Crippen LogP contribution in [0.5, 0.6) is 0 Å². The molecular formula is C23H25N3O3. The molecule has 2 fully saturated rings. The third-order valence-corrected chi connectivity index (χ3v) is 5.87. The summed E-state index contributed by atoms with van der Waals surface area (Å²) >= 11 is 0. The topological polar surface area (TPSA) is 60.9 Å². The Bertz CT molecular complexity index is 943. The highest BCUT2D eigenvalue weighted by molar-refractivity contribution is 5.99. The molecule has 2 heterocycles. The smallest absolute Gasteiger partial charge is 0.254 e. The Balaban J connectivity index is 1.51. The first-order valence-electron chi connectivity index (χ1n) is 9.92. The Morgan fingerprint density at radius 1 is 1.00 bits per heavy atom. The van der Waals surface area contributed by atoms with E-state index in [1.54, 1.807) is 27.8 Å². The molecule has 0 unspecified atom stereocenters. The van der Waals surface area contributed by atoms with Crippen molar-refractivity contribution in [1.82, 2.24) is 14.7 Å². The first-order valence-corrected chi connectivity index (χ1v) is 9.92. The van der Waals surface area contributed by atoms with Crippen molar-refractivity contribution in [3.05, 3.63) is 71.3 Å². The number of amides is 3. The Morgan fingerprint density at radius 2 is 1.76 bits per heavy atom. The van der Waals surface area contributed by atoms with Gasteiger partial charge in [0.2, 0.25) is 11.8 Å². The third-order valence-electron chi connectivity index (χ3n) is 5.87. The lowest BCUT2D eigenvalue weighted by Crippen LogP contribution is -2.70. The molecule has 2 aromatic rings. The molecule has 2 atom stereocenters. The molecule has 29 heavy (non-hydrogen) atoms. The maximum atomic E-state index is 13.1. The average molecular weight is 391 g/mol. The summed E-state index contributed by atoms with van der Waals surface area (Å²) < 4.78 is 0. The minimum absolute atomic E-state index is 0.0383. The number of benzene rings is 2. The van der Waals surface area contributed by atoms with E-state index in [9.17, 15) is 14.4 Å². The van der Waals surface area contributed by atoms with Crippen LogP contribution in [0.4, 0.5) is 0 Å². The van der Waals surface area contributed by atoms with Gasteiger partial charge in [0.15, 0.2) is 0 Å². The van der Waals surface area contributed by atoms with Gasteiger partial charge in [-0.15, -0.1) is 0 Å². The van der Waals surface area contributed by atoms with Crippen LogP contribution in [0.3, 0.4) is 0 Å². The fraction of sp³-hybridized carbons (Fsp3) is 0.348. The first-order chi connectivity index (χ1) is 14.0. The molecule has 6 nitrogen and oxygen atoms in total. The van der Waals surface area contributed by atoms with Crippen LogP contribution >= 0.6 is 0 Å². The van der Waals surface area contributed by atoms with Gasteiger partial charge >= 0.3 is 0 Å². The number of hydrogen-bond donors (Lipinski definition) is 0. The van der Waals surface area contributed by atoms with E-state index in [0.717, 1.165) is 11.1 Å². The lowest BCUT2D eigenvalue weighted by atomic mass is 9.96. The molecule has 2 aliphatic rings. The highest BCUT2D eigenvalue weighted by Crippen LogP contribution is 2.24. The Morgan fingerprint density at radius 3 is 2.48 bits per heavy atom. The van der Waals surface area contributed by atoms with Crippen molar-refractivity contribution >= 4 is 17.7 Å². The van der Waals surface area contributed by atoms with Crippen molar-refractivity contribution in [3.63, 3.8) is 0 Å². The number of carbonyl (C=O) groups excluding carboxylic acids is 3. The summed E-state index contributed by atoms with van der Waals surface area (Å²) in [5, 5.41) is 0. The van der Waals surface area contributed by atoms with Gasteiger partial charge in [-0.2, -0.15) is 0 Å². The largest absolute Gasteiger partial charge is 0.334 e. The van der Waals surface area contributed by atoms with Gasteiger partial charge in [-0.3, -0.25) is 14.4 Å². The quantitative estimate of drug-likeness (QED) is 0.801. The molecule has 150 valence electrons. The van der Waals surface area contributed by atoms with E-state index in [0.29, 0.717) is 25.1 Å². The van der Waals surface area contributed by atoms with E-state index < -0.39 is 12.1 Å². The molecule has 4 rings (SSSR count). The lowest BCUT2D eigenvalue weighted by molar-refractivity contribution is -0.163. The van der Waals surface area contributed by atoms with Crippen molar-refractivity contribution < 1.29 is 14.4 Å². The standard InChI is InChI=1S/C23H25N3O3/c1-16-7-6-10-18(13-16)21(27)25-11-12-26-20(15-25)22(28)24(2)19(23(26)29)14-17-8-4-3-5-9-17/h3-10,13,19-20H,11-12,14-15H2,1-2H3/t19-,20+/m0/s1. The number of rotatable bonds is 3. The summed E-state index contributed by atoms with van der Waals surface area (Å²) in [6.45, 7) is 3.00. The summed E-state index contributed by atoms with van der Waals surface area (Å²) in [7, 11) is 1.69. The van der Waals surface area contributed by atoms with E-state index in [-0.39, 0.29) is 24.3 Å². The molecular weight excluding hydrogens is 366 g/mol. The Labute approximate surface area is 170 Å². The fourth-order valence-electron chi connectivity index (χ4n) is 4.21. The number of hydrogen-bond acceptors (Lipinski definition) is 3. The first kappa shape index (κ1) is 19.2. The van der Waals surface area contributed by atoms with Gasteiger partial charge in [-0.25, -0.2) is 0 Å². The minimum atomic E-state index is -0.609. The fourth-order valence-corrected chi connectivity index (χ4v) is 4.21. The highest BCUT2D eigenvalue weighted by Gasteiger charge is 2.47. The summed E-state index contributed by atoms with van der Waals surface area (Å²) in [5.41, 5.74) is 2.66. The molecule has 0 spiro atoms. The van der Waals surface area contributed by atoms with Gasteiger partial charge in [0.1, 0.15) is 12.1 Å². The van der Waals surface area contributed by atoms with Crippen LogP contribution < -0.4 is 0 Å². The number of aryl methyl sites for hydroxylation is 1. The SMILES string of the molecule is Cc1cccc(C(=O)N2CCN3C(=O)[C@H](Cc4ccccc4)N(C)C(=O)[C@H]3C2)c1. The van der Waals surface area contributed by atoms with Crippen molar-refractivity contribution in [1.29, 1.82) is 0 Å². The van der Waals surface area contributed by atoms with Crippen molar-refractivity contribution in [3.8, 4) is 0 Å². The lowest BCUT2D eigenvalue weighted by Gasteiger charge is -2.48. The van der Waals surface area contributed by atoms with Crippen molar-refractivity contribution in [2.75, 3.05) is 26.7 Å². The van der Waals surface area contributed by atoms with Gasteiger partial charge in [0.05, 0.1) is 6.54 Å². The van der Waals surface area contributed by atoms with Gasteiger partial charge in [0.25, 0.3) is 5.91 Å². The maximum Gasteiger partial charge on any atom is 0.254 e. The van der Waals surface area contributed by atoms with Crippen LogP contribution in [0.2, 0.25) is 0 Å². The van der Waals surface area contributed by atoms with Crippen LogP contribution in [0, 0.1) is 6.92 Å². The second kappa shape index (κ2) is 7.70. The third kappa shape index (κ3) is 3.62. The predicted molar refractivity (Wildman–Crippen MR) is 109 cm³/mol. The number of nitrogens with zero attached hydrogens (tertiary/aromatic N) is 3. The van der Waals surface area contributed by atoms with Crippen LogP contribution in [-0.2, 0) is 16.0 Å². The molecule has 0 N–H and O–H groups in total. The molecule has 2 aromatic carbocycles. The number of fused-ring (bicyclic) bond motifs is 1. The normalized spacial score (nSPS) is 21.9. The summed E-state index contributed by atoms with van der Waals surface area (Å²) in [5.74, 6) is -0.237. The second-order valence-corrected chi connectivity index (χ2v) is 7.82. The second-order valence-electron chi connectivity index (χ2n) is 7.82. The van der Waals surface area contributed by atoms with Crippen molar-refractivity contribution in [2.45, 2.75) is 25.4 Å². The van der Waals surface area contributed by atoms with E-state index in [1.165, 1.54) is 0 Å². The molecule has 0 radical (unpaired) electrons. The van der Waals surface area contributed by atoms with Gasteiger partial charge in [-0.05, 0) is 24.6 Å². The molecule has 0 aliphatic carbocycles. The zero-order valence-corrected chi connectivity index (χ0v) is 16.7. The zero-order valence-electron chi connectivity index (χ0n) is 16.7. The van der Waals surface area contributed by atoms with E-state index in [1.807, 2.05) is 55.5 Å². The molecule has 2 saturated heterocycles. The summed E-state index contributed by atoms with van der Waals surface area (Å²) in [6, 6.07) is 16.1. The van der Waals surface area contributed by atoms with Crippen LogP contribution in [0.25, 0.3) is 0 Å². The predicted octanol–water partition coefficient (Wildman–Crippen LogP) is 1.73. The van der Waals surface area contributed by atoms with Crippen LogP contribution in [-0.4, -0.2) is 71.2 Å². The zero-order chi connectivity index (χ0) is 20.5. The Hall–Kier alpha value is -3.15. The van der Waals surface area contributed by atoms with E-state index in [2.05, 4.69) is 0 Å². The monoisotopic (exact) mass is 391 g/mol. The van der Waals surface area contributed by atoms with Gasteiger partial charge in [0, 0.05) is 32.1 Å². The van der Waals surface area contributed by atoms with Gasteiger partial charge < -0.3 is 14.7 Å². The number of likely N-dealkylation sites (N-methyl/N-ethyl adjacent to an activating group) is 1. The maximum absolute atomic E-state index is 13.1. The van der Waals surface area contributed by atoms with Crippen LogP contribution in [0.15, 0.2) is 54.6 Å². The van der Waals surface area contributed by atoms with Crippen molar-refractivity contribution in [2.24, 2.45) is 0 Å². The molecule has 0 saturated carbocycles. The minimum Gasteiger partial charge on any atom is -0.334 e. The van der Waals surface area contributed by atoms with Gasteiger partial charge in [-0.1, -0.05) is 48.0 Å². The van der Waals surface area contributed by atoms with E-state index in [4.69, 9.17) is 0 Å². The highest BCUT2D eigenvalue weighted by atomic mass is 16.2.